The number of aliphatic hydroxyl groups is 1. The molecule has 0 aromatic carbocycles. The summed E-state index contributed by atoms with van der Waals surface area (Å²) in [7, 11) is -4.76. The van der Waals surface area contributed by atoms with Crippen LogP contribution < -0.4 is 5.32 Å². The quantitative estimate of drug-likeness (QED) is 0.0201. The summed E-state index contributed by atoms with van der Waals surface area (Å²) in [6, 6.07) is -1.55. The van der Waals surface area contributed by atoms with Gasteiger partial charge in [-0.1, -0.05) is 152 Å². The highest BCUT2D eigenvalue weighted by Gasteiger charge is 2.28. The Labute approximate surface area is 345 Å². The first kappa shape index (κ1) is 54.4. The van der Waals surface area contributed by atoms with Crippen molar-refractivity contribution in [2.24, 2.45) is 0 Å². The van der Waals surface area contributed by atoms with Gasteiger partial charge in [-0.3, -0.25) is 18.6 Å². The van der Waals surface area contributed by atoms with Crippen molar-refractivity contribution < 1.29 is 47.8 Å². The van der Waals surface area contributed by atoms with E-state index in [2.05, 4.69) is 67.8 Å². The molecule has 0 rings (SSSR count). The number of hydrogen-bond donors (Lipinski definition) is 4. The Morgan fingerprint density at radius 2 is 0.982 bits per heavy atom. The van der Waals surface area contributed by atoms with Crippen LogP contribution in [0, 0.1) is 0 Å². The Hall–Kier alpha value is -2.56. The molecule has 0 heterocycles. The highest BCUT2D eigenvalue weighted by atomic mass is 31.2. The summed E-state index contributed by atoms with van der Waals surface area (Å²) in [6.45, 7) is 2.51. The molecule has 1 amide bonds. The van der Waals surface area contributed by atoms with E-state index in [1.165, 1.54) is 70.6 Å². The summed E-state index contributed by atoms with van der Waals surface area (Å²) in [5.74, 6) is -2.40. The van der Waals surface area contributed by atoms with Crippen LogP contribution in [0.15, 0.2) is 48.6 Å². The topological polar surface area (TPSA) is 169 Å². The van der Waals surface area contributed by atoms with Crippen LogP contribution in [0.25, 0.3) is 0 Å². The zero-order chi connectivity index (χ0) is 42.1. The first-order valence-electron chi connectivity index (χ1n) is 22.2. The van der Waals surface area contributed by atoms with E-state index in [-0.39, 0.29) is 12.8 Å². The summed E-state index contributed by atoms with van der Waals surface area (Å²) < 4.78 is 26.8. The fourth-order valence-corrected chi connectivity index (χ4v) is 6.60. The van der Waals surface area contributed by atoms with Gasteiger partial charge in [0.05, 0.1) is 13.2 Å². The maximum absolute atomic E-state index is 12.3. The average molecular weight is 826 g/mol. The van der Waals surface area contributed by atoms with Gasteiger partial charge in [-0.05, 0) is 70.6 Å². The number of unbranched alkanes of at least 4 members (excludes halogenated alkanes) is 19. The molecule has 0 saturated carbocycles. The number of ether oxygens (including phenoxy) is 1. The molecule has 57 heavy (non-hydrogen) atoms. The SMILES string of the molecule is CCCC/C=C\C/C=C\CCCCCCCC(=O)NC(COP(=O)(O)OCC(O)COC(=O)CCCCCCCCCCC/C=C\C/C=C\CCCCC)C(=O)O. The van der Waals surface area contributed by atoms with Crippen molar-refractivity contribution in [3.8, 4) is 0 Å². The molecule has 0 aromatic heterocycles. The molecule has 0 aliphatic heterocycles. The number of phosphoric acid groups is 1. The third kappa shape index (κ3) is 40.0. The number of hydrogen-bond acceptors (Lipinski definition) is 8. The number of rotatable bonds is 41. The number of carboxylic acid groups (broad SMARTS) is 1. The van der Waals surface area contributed by atoms with Crippen LogP contribution in [0.5, 0.6) is 0 Å². The Morgan fingerprint density at radius 3 is 1.47 bits per heavy atom. The van der Waals surface area contributed by atoms with Gasteiger partial charge in [-0.15, -0.1) is 0 Å². The largest absolute Gasteiger partial charge is 0.480 e. The number of allylic oxidation sites excluding steroid dienone is 8. The lowest BCUT2D eigenvalue weighted by atomic mass is 10.1. The van der Waals surface area contributed by atoms with Crippen LogP contribution in [0.3, 0.4) is 0 Å². The number of aliphatic hydroxyl groups excluding tert-OH is 1. The second-order valence-electron chi connectivity index (χ2n) is 14.9. The lowest BCUT2D eigenvalue weighted by molar-refractivity contribution is -0.147. The van der Waals surface area contributed by atoms with E-state index in [4.69, 9.17) is 13.8 Å². The maximum Gasteiger partial charge on any atom is 0.472 e. The monoisotopic (exact) mass is 826 g/mol. The Bertz CT molecular complexity index is 1150. The summed E-state index contributed by atoms with van der Waals surface area (Å²) in [4.78, 5) is 45.9. The van der Waals surface area contributed by atoms with Crippen LogP contribution in [-0.2, 0) is 32.7 Å². The minimum atomic E-state index is -4.76. The van der Waals surface area contributed by atoms with E-state index in [1.807, 2.05) is 0 Å². The molecule has 0 fully saturated rings. The normalized spacial score (nSPS) is 14.2. The molecule has 11 nitrogen and oxygen atoms in total. The van der Waals surface area contributed by atoms with Crippen molar-refractivity contribution in [1.29, 1.82) is 0 Å². The third-order valence-electron chi connectivity index (χ3n) is 9.34. The Kier molecular flexibility index (Phi) is 38.4. The minimum Gasteiger partial charge on any atom is -0.480 e. The number of carbonyl (C=O) groups is 3. The summed E-state index contributed by atoms with van der Waals surface area (Å²) in [5, 5.41) is 21.8. The first-order chi connectivity index (χ1) is 27.6. The van der Waals surface area contributed by atoms with Crippen LogP contribution in [0.1, 0.15) is 187 Å². The lowest BCUT2D eigenvalue weighted by Gasteiger charge is -2.18. The molecule has 0 spiro atoms. The fraction of sp³-hybridized carbons (Fsp3) is 0.756. The molecule has 0 aromatic rings. The zero-order valence-corrected chi connectivity index (χ0v) is 36.5. The molecule has 330 valence electrons. The van der Waals surface area contributed by atoms with Gasteiger partial charge in [0.25, 0.3) is 0 Å². The van der Waals surface area contributed by atoms with Gasteiger partial charge in [-0.25, -0.2) is 9.36 Å². The predicted molar refractivity (Wildman–Crippen MR) is 231 cm³/mol. The standard InChI is InChI=1S/C45H80NO10P/c1-3-5-7-9-11-13-15-17-19-20-21-22-23-25-27-29-31-33-35-37-44(49)54-38-41(47)39-55-57(52,53)56-40-42(45(50)51)46-43(48)36-34-32-30-28-26-24-18-16-14-12-10-8-6-4-2/h10-13,16-19,41-42,47H,3-9,14-15,20-40H2,1-2H3,(H,46,48)(H,50,51)(H,52,53)/b12-10-,13-11-,18-16-,19-17-. The molecule has 3 atom stereocenters. The van der Waals surface area contributed by atoms with E-state index in [9.17, 15) is 34.1 Å². The molecular weight excluding hydrogens is 745 g/mol. The lowest BCUT2D eigenvalue weighted by Crippen LogP contribution is -2.43. The van der Waals surface area contributed by atoms with Crippen molar-refractivity contribution in [3.63, 3.8) is 0 Å². The van der Waals surface area contributed by atoms with Gasteiger partial charge in [0, 0.05) is 12.8 Å². The summed E-state index contributed by atoms with van der Waals surface area (Å²) in [5.41, 5.74) is 0. The Morgan fingerprint density at radius 1 is 0.561 bits per heavy atom. The number of phosphoric ester groups is 1. The van der Waals surface area contributed by atoms with Crippen molar-refractivity contribution >= 4 is 25.7 Å². The molecule has 0 aliphatic carbocycles. The number of carbonyl (C=O) groups excluding carboxylic acids is 2. The minimum absolute atomic E-state index is 0.128. The van der Waals surface area contributed by atoms with Crippen molar-refractivity contribution in [2.75, 3.05) is 19.8 Å². The van der Waals surface area contributed by atoms with Gasteiger partial charge in [-0.2, -0.15) is 0 Å². The highest BCUT2D eigenvalue weighted by Crippen LogP contribution is 2.43. The van der Waals surface area contributed by atoms with E-state index >= 15 is 0 Å². The van der Waals surface area contributed by atoms with E-state index in [0.29, 0.717) is 12.8 Å². The van der Waals surface area contributed by atoms with Gasteiger partial charge >= 0.3 is 19.8 Å². The zero-order valence-electron chi connectivity index (χ0n) is 35.6. The fourth-order valence-electron chi connectivity index (χ4n) is 5.83. The van der Waals surface area contributed by atoms with Gasteiger partial charge in [0.1, 0.15) is 12.7 Å². The number of nitrogens with one attached hydrogen (secondary N) is 1. The third-order valence-corrected chi connectivity index (χ3v) is 10.3. The molecular formula is C45H80NO10P. The molecule has 0 bridgehead atoms. The summed E-state index contributed by atoms with van der Waals surface area (Å²) >= 11 is 0. The van der Waals surface area contributed by atoms with Crippen molar-refractivity contribution in [1.82, 2.24) is 5.32 Å². The van der Waals surface area contributed by atoms with E-state index in [0.717, 1.165) is 77.0 Å². The van der Waals surface area contributed by atoms with Crippen LogP contribution in [0.4, 0.5) is 0 Å². The number of amides is 1. The van der Waals surface area contributed by atoms with Crippen LogP contribution >= 0.6 is 7.82 Å². The van der Waals surface area contributed by atoms with E-state index < -0.39 is 57.6 Å². The van der Waals surface area contributed by atoms with Gasteiger partial charge < -0.3 is 25.2 Å². The molecule has 0 aliphatic rings. The molecule has 0 radical (unpaired) electrons. The van der Waals surface area contributed by atoms with Gasteiger partial charge in [0.2, 0.25) is 5.91 Å². The first-order valence-corrected chi connectivity index (χ1v) is 23.7. The van der Waals surface area contributed by atoms with E-state index in [1.54, 1.807) is 0 Å². The molecule has 3 unspecified atom stereocenters. The predicted octanol–water partition coefficient (Wildman–Crippen LogP) is 11.4. The van der Waals surface area contributed by atoms with Crippen molar-refractivity contribution in [3.05, 3.63) is 48.6 Å². The number of carboxylic acids is 1. The van der Waals surface area contributed by atoms with Crippen LogP contribution in [-0.4, -0.2) is 64.9 Å². The summed E-state index contributed by atoms with van der Waals surface area (Å²) in [6.07, 6.45) is 44.2. The molecule has 0 saturated heterocycles. The number of esters is 1. The van der Waals surface area contributed by atoms with Crippen molar-refractivity contribution in [2.45, 2.75) is 199 Å². The second kappa shape index (κ2) is 40.2. The molecule has 12 heteroatoms. The maximum atomic E-state index is 12.3. The Balaban J connectivity index is 3.90. The van der Waals surface area contributed by atoms with Crippen LogP contribution in [0.2, 0.25) is 0 Å². The highest BCUT2D eigenvalue weighted by molar-refractivity contribution is 7.47. The van der Waals surface area contributed by atoms with Gasteiger partial charge in [0.15, 0.2) is 6.04 Å². The number of aliphatic carboxylic acids is 1. The molecule has 4 N–H and O–H groups in total. The smallest absolute Gasteiger partial charge is 0.472 e. The average Bonchev–Trinajstić information content (AvgIpc) is 3.18. The second-order valence-corrected chi connectivity index (χ2v) is 16.3.